The maximum Gasteiger partial charge on any atom is 0.416 e. The number of thiophene rings is 1. The number of alkyl halides is 3. The molecule has 0 amide bonds. The molecule has 142 valence electrons. The SMILES string of the molecule is O=S(=O)(c1cccs1)N1CC(c2nc(-c3cccc(C(F)(F)F)c3)no2)C1. The van der Waals surface area contributed by atoms with E-state index in [-0.39, 0.29) is 40.5 Å². The van der Waals surface area contributed by atoms with Crippen LogP contribution in [0.3, 0.4) is 0 Å². The maximum absolute atomic E-state index is 12.8. The van der Waals surface area contributed by atoms with Gasteiger partial charge in [-0.25, -0.2) is 8.42 Å². The molecule has 0 saturated carbocycles. The molecule has 1 saturated heterocycles. The number of hydrogen-bond donors (Lipinski definition) is 0. The van der Waals surface area contributed by atoms with Gasteiger partial charge in [-0.15, -0.1) is 11.3 Å². The van der Waals surface area contributed by atoms with E-state index >= 15 is 0 Å². The highest BCUT2D eigenvalue weighted by Crippen LogP contribution is 2.34. The molecule has 3 heterocycles. The Hall–Kier alpha value is -2.24. The summed E-state index contributed by atoms with van der Waals surface area (Å²) in [5.74, 6) is -0.0394. The smallest absolute Gasteiger partial charge is 0.339 e. The lowest BCUT2D eigenvalue weighted by atomic mass is 10.0. The molecule has 0 atom stereocenters. The third kappa shape index (κ3) is 3.37. The summed E-state index contributed by atoms with van der Waals surface area (Å²) < 4.78 is 69.9. The number of benzene rings is 1. The van der Waals surface area contributed by atoms with Crippen LogP contribution >= 0.6 is 11.3 Å². The van der Waals surface area contributed by atoms with Gasteiger partial charge in [-0.1, -0.05) is 23.4 Å². The zero-order valence-corrected chi connectivity index (χ0v) is 15.2. The van der Waals surface area contributed by atoms with Crippen LogP contribution in [-0.4, -0.2) is 36.0 Å². The molecule has 0 spiro atoms. The Labute approximate surface area is 156 Å². The predicted octanol–water partition coefficient (Wildman–Crippen LogP) is 3.61. The van der Waals surface area contributed by atoms with Gasteiger partial charge >= 0.3 is 6.18 Å². The number of sulfonamides is 1. The third-order valence-corrected chi connectivity index (χ3v) is 7.38. The molecule has 1 aliphatic heterocycles. The highest BCUT2D eigenvalue weighted by Gasteiger charge is 2.41. The lowest BCUT2D eigenvalue weighted by Crippen LogP contribution is -2.48. The van der Waals surface area contributed by atoms with Gasteiger partial charge in [0.2, 0.25) is 11.7 Å². The first-order chi connectivity index (χ1) is 12.7. The Morgan fingerprint density at radius 2 is 1.96 bits per heavy atom. The van der Waals surface area contributed by atoms with Crippen molar-refractivity contribution in [2.45, 2.75) is 16.3 Å². The van der Waals surface area contributed by atoms with Gasteiger partial charge in [0, 0.05) is 18.7 Å². The highest BCUT2D eigenvalue weighted by atomic mass is 32.2. The van der Waals surface area contributed by atoms with Crippen LogP contribution in [0.25, 0.3) is 11.4 Å². The minimum absolute atomic E-state index is 0.0377. The number of hydrogen-bond acceptors (Lipinski definition) is 6. The van der Waals surface area contributed by atoms with E-state index in [2.05, 4.69) is 10.1 Å². The molecule has 1 fully saturated rings. The lowest BCUT2D eigenvalue weighted by molar-refractivity contribution is -0.137. The highest BCUT2D eigenvalue weighted by molar-refractivity contribution is 7.91. The molecule has 2 aromatic heterocycles. The third-order valence-electron chi connectivity index (χ3n) is 4.18. The minimum atomic E-state index is -4.47. The number of nitrogens with zero attached hydrogens (tertiary/aromatic N) is 3. The van der Waals surface area contributed by atoms with Crippen molar-refractivity contribution in [1.29, 1.82) is 0 Å². The van der Waals surface area contributed by atoms with Gasteiger partial charge in [-0.05, 0) is 23.6 Å². The van der Waals surface area contributed by atoms with E-state index in [0.29, 0.717) is 0 Å². The first-order valence-electron chi connectivity index (χ1n) is 7.80. The quantitative estimate of drug-likeness (QED) is 0.651. The summed E-state index contributed by atoms with van der Waals surface area (Å²) in [5.41, 5.74) is -0.620. The Bertz CT molecular complexity index is 1060. The van der Waals surface area contributed by atoms with E-state index in [1.54, 1.807) is 11.4 Å². The minimum Gasteiger partial charge on any atom is -0.339 e. The van der Waals surface area contributed by atoms with Crippen LogP contribution in [0.4, 0.5) is 13.2 Å². The molecule has 0 radical (unpaired) electrons. The molecule has 6 nitrogen and oxygen atoms in total. The summed E-state index contributed by atoms with van der Waals surface area (Å²) in [5, 5.41) is 5.41. The first kappa shape index (κ1) is 18.1. The number of rotatable bonds is 4. The van der Waals surface area contributed by atoms with Gasteiger partial charge in [0.1, 0.15) is 4.21 Å². The van der Waals surface area contributed by atoms with Crippen molar-refractivity contribution in [3.8, 4) is 11.4 Å². The van der Waals surface area contributed by atoms with E-state index in [4.69, 9.17) is 4.52 Å². The fraction of sp³-hybridized carbons (Fsp3) is 0.250. The summed E-state index contributed by atoms with van der Waals surface area (Å²) in [6.45, 7) is 0.370. The van der Waals surface area contributed by atoms with Crippen molar-refractivity contribution >= 4 is 21.4 Å². The lowest BCUT2D eigenvalue weighted by Gasteiger charge is -2.35. The molecule has 0 bridgehead atoms. The molecule has 4 rings (SSSR count). The van der Waals surface area contributed by atoms with Crippen LogP contribution in [0.1, 0.15) is 17.4 Å². The average molecular weight is 415 g/mol. The number of halogens is 3. The normalized spacial score (nSPS) is 16.4. The van der Waals surface area contributed by atoms with Gasteiger partial charge in [-0.3, -0.25) is 0 Å². The Kier molecular flexibility index (Phi) is 4.32. The maximum atomic E-state index is 12.8. The van der Waals surface area contributed by atoms with E-state index in [1.165, 1.54) is 22.5 Å². The number of aromatic nitrogens is 2. The van der Waals surface area contributed by atoms with E-state index in [9.17, 15) is 21.6 Å². The fourth-order valence-electron chi connectivity index (χ4n) is 2.68. The molecular weight excluding hydrogens is 403 g/mol. The Morgan fingerprint density at radius 3 is 2.63 bits per heavy atom. The second-order valence-electron chi connectivity index (χ2n) is 5.99. The molecule has 0 aliphatic carbocycles. The Morgan fingerprint density at radius 1 is 1.19 bits per heavy atom. The molecular formula is C16H12F3N3O3S2. The molecule has 27 heavy (non-hydrogen) atoms. The largest absolute Gasteiger partial charge is 0.416 e. The molecule has 0 N–H and O–H groups in total. The van der Waals surface area contributed by atoms with Crippen molar-refractivity contribution in [3.05, 3.63) is 53.2 Å². The van der Waals surface area contributed by atoms with Crippen LogP contribution in [0.5, 0.6) is 0 Å². The standard InChI is InChI=1S/C16H12F3N3O3S2/c17-16(18,19)12-4-1-3-10(7-12)14-20-15(25-21-14)11-8-22(9-11)27(23,24)13-5-2-6-26-13/h1-7,11H,8-9H2. The van der Waals surface area contributed by atoms with Crippen molar-refractivity contribution in [2.75, 3.05) is 13.1 Å². The molecule has 1 aromatic carbocycles. The van der Waals surface area contributed by atoms with Crippen LogP contribution < -0.4 is 0 Å². The predicted molar refractivity (Wildman–Crippen MR) is 90.6 cm³/mol. The zero-order valence-electron chi connectivity index (χ0n) is 13.5. The van der Waals surface area contributed by atoms with Crippen LogP contribution in [0, 0.1) is 0 Å². The van der Waals surface area contributed by atoms with Gasteiger partial charge in [0.05, 0.1) is 11.5 Å². The summed E-state index contributed by atoms with van der Waals surface area (Å²) in [4.78, 5) is 4.14. The van der Waals surface area contributed by atoms with Crippen LogP contribution in [-0.2, 0) is 16.2 Å². The molecule has 0 unspecified atom stereocenters. The Balaban J connectivity index is 1.49. The summed E-state index contributed by atoms with van der Waals surface area (Å²) in [7, 11) is -3.53. The average Bonchev–Trinajstić information content (AvgIpc) is 3.25. The zero-order chi connectivity index (χ0) is 19.2. The van der Waals surface area contributed by atoms with E-state index < -0.39 is 21.8 Å². The van der Waals surface area contributed by atoms with Crippen molar-refractivity contribution < 1.29 is 26.1 Å². The monoisotopic (exact) mass is 415 g/mol. The van der Waals surface area contributed by atoms with Crippen LogP contribution in [0.2, 0.25) is 0 Å². The second kappa shape index (κ2) is 6.43. The summed E-state index contributed by atoms with van der Waals surface area (Å²) in [6, 6.07) is 7.83. The fourth-order valence-corrected chi connectivity index (χ4v) is 5.36. The van der Waals surface area contributed by atoms with Crippen molar-refractivity contribution in [1.82, 2.24) is 14.4 Å². The first-order valence-corrected chi connectivity index (χ1v) is 10.1. The van der Waals surface area contributed by atoms with Gasteiger partial charge < -0.3 is 4.52 Å². The summed E-state index contributed by atoms with van der Waals surface area (Å²) in [6.07, 6.45) is -4.47. The van der Waals surface area contributed by atoms with Crippen molar-refractivity contribution in [3.63, 3.8) is 0 Å². The van der Waals surface area contributed by atoms with Gasteiger partial charge in [0.25, 0.3) is 10.0 Å². The molecule has 1 aliphatic rings. The second-order valence-corrected chi connectivity index (χ2v) is 9.10. The molecule has 3 aromatic rings. The molecule has 11 heteroatoms. The van der Waals surface area contributed by atoms with Gasteiger partial charge in [0.15, 0.2) is 0 Å². The van der Waals surface area contributed by atoms with Gasteiger partial charge in [-0.2, -0.15) is 22.5 Å². The van der Waals surface area contributed by atoms with E-state index in [0.717, 1.165) is 23.5 Å². The summed E-state index contributed by atoms with van der Waals surface area (Å²) >= 11 is 1.14. The van der Waals surface area contributed by atoms with Crippen molar-refractivity contribution in [2.24, 2.45) is 0 Å². The van der Waals surface area contributed by atoms with E-state index in [1.807, 2.05) is 0 Å². The van der Waals surface area contributed by atoms with Crippen LogP contribution in [0.15, 0.2) is 50.5 Å². The topological polar surface area (TPSA) is 76.3 Å².